The zero-order chi connectivity index (χ0) is 13.3. The van der Waals surface area contributed by atoms with Crippen molar-refractivity contribution in [2.75, 3.05) is 17.3 Å². The third-order valence-corrected chi connectivity index (χ3v) is 3.76. The quantitative estimate of drug-likeness (QED) is 0.483. The average molecular weight is 335 g/mol. The Hall–Kier alpha value is -1.21. The molecule has 6 nitrogen and oxygen atoms in total. The van der Waals surface area contributed by atoms with Crippen molar-refractivity contribution in [3.63, 3.8) is 0 Å². The van der Waals surface area contributed by atoms with Crippen LogP contribution in [0.25, 0.3) is 0 Å². The van der Waals surface area contributed by atoms with Gasteiger partial charge in [0.25, 0.3) is 0 Å². The van der Waals surface area contributed by atoms with Gasteiger partial charge in [0, 0.05) is 25.0 Å². The molecule has 8 heteroatoms. The van der Waals surface area contributed by atoms with Gasteiger partial charge in [0.15, 0.2) is 0 Å². The molecule has 18 heavy (non-hydrogen) atoms. The lowest BCUT2D eigenvalue weighted by molar-refractivity contribution is -0.384. The van der Waals surface area contributed by atoms with Crippen LogP contribution in [0.15, 0.2) is 16.9 Å². The SMILES string of the molecule is O=C1CC(CCl)CN1c1c(Br)cncc1[N+](=O)[O-]. The predicted octanol–water partition coefficient (Wildman–Crippen LogP) is 2.34. The van der Waals surface area contributed by atoms with Gasteiger partial charge in [-0.1, -0.05) is 0 Å². The lowest BCUT2D eigenvalue weighted by Crippen LogP contribution is -2.26. The first-order valence-electron chi connectivity index (χ1n) is 5.18. The van der Waals surface area contributed by atoms with Gasteiger partial charge in [0.1, 0.15) is 11.9 Å². The number of hydrogen-bond acceptors (Lipinski definition) is 4. The number of aromatic nitrogens is 1. The number of nitrogens with zero attached hydrogens (tertiary/aromatic N) is 3. The number of anilines is 1. The first kappa shape index (κ1) is 13.2. The number of pyridine rings is 1. The highest BCUT2D eigenvalue weighted by molar-refractivity contribution is 9.10. The van der Waals surface area contributed by atoms with Crippen LogP contribution >= 0.6 is 27.5 Å². The molecule has 2 rings (SSSR count). The van der Waals surface area contributed by atoms with Crippen LogP contribution < -0.4 is 4.90 Å². The molecule has 1 aromatic heterocycles. The fraction of sp³-hybridized carbons (Fsp3) is 0.400. The van der Waals surface area contributed by atoms with E-state index in [0.717, 1.165) is 6.20 Å². The molecule has 1 fully saturated rings. The predicted molar refractivity (Wildman–Crippen MR) is 69.8 cm³/mol. The molecule has 0 N–H and O–H groups in total. The molecule has 1 aliphatic heterocycles. The van der Waals surface area contributed by atoms with E-state index < -0.39 is 4.92 Å². The minimum absolute atomic E-state index is 0.0267. The van der Waals surface area contributed by atoms with E-state index in [0.29, 0.717) is 23.3 Å². The van der Waals surface area contributed by atoms with Crippen molar-refractivity contribution in [3.8, 4) is 0 Å². The maximum Gasteiger partial charge on any atom is 0.312 e. The molecule has 1 aromatic rings. The molecular formula is C10H9BrClN3O3. The summed E-state index contributed by atoms with van der Waals surface area (Å²) in [5.41, 5.74) is 0.0700. The Labute approximate surface area is 116 Å². The van der Waals surface area contributed by atoms with Gasteiger partial charge in [-0.3, -0.25) is 19.9 Å². The van der Waals surface area contributed by atoms with Crippen molar-refractivity contribution in [2.24, 2.45) is 5.92 Å². The number of nitro groups is 1. The Morgan fingerprint density at radius 2 is 2.33 bits per heavy atom. The fourth-order valence-corrected chi connectivity index (χ4v) is 2.66. The van der Waals surface area contributed by atoms with E-state index in [-0.39, 0.29) is 23.2 Å². The third kappa shape index (κ3) is 2.32. The molecule has 0 saturated carbocycles. The molecule has 0 bridgehead atoms. The monoisotopic (exact) mass is 333 g/mol. The minimum atomic E-state index is -0.547. The highest BCUT2D eigenvalue weighted by Gasteiger charge is 2.35. The van der Waals surface area contributed by atoms with Crippen LogP contribution in [0.5, 0.6) is 0 Å². The normalized spacial score (nSPS) is 19.3. The first-order valence-corrected chi connectivity index (χ1v) is 6.51. The zero-order valence-corrected chi connectivity index (χ0v) is 11.5. The molecule has 1 aliphatic rings. The van der Waals surface area contributed by atoms with Crippen molar-refractivity contribution in [1.29, 1.82) is 0 Å². The van der Waals surface area contributed by atoms with Crippen molar-refractivity contribution in [1.82, 2.24) is 4.98 Å². The number of amides is 1. The summed E-state index contributed by atoms with van der Waals surface area (Å²) in [5, 5.41) is 11.0. The zero-order valence-electron chi connectivity index (χ0n) is 9.18. The Morgan fingerprint density at radius 1 is 1.61 bits per heavy atom. The van der Waals surface area contributed by atoms with Gasteiger partial charge >= 0.3 is 5.69 Å². The molecule has 1 amide bonds. The minimum Gasteiger partial charge on any atom is -0.305 e. The molecule has 0 aliphatic carbocycles. The molecule has 1 atom stereocenters. The van der Waals surface area contributed by atoms with Crippen LogP contribution in [0.1, 0.15) is 6.42 Å². The van der Waals surface area contributed by atoms with Crippen LogP contribution in [0.4, 0.5) is 11.4 Å². The summed E-state index contributed by atoms with van der Waals surface area (Å²) in [5.74, 6) is 0.230. The van der Waals surface area contributed by atoms with E-state index in [2.05, 4.69) is 20.9 Å². The topological polar surface area (TPSA) is 76.3 Å². The summed E-state index contributed by atoms with van der Waals surface area (Å²) in [6.45, 7) is 0.395. The van der Waals surface area contributed by atoms with Crippen LogP contribution in [-0.4, -0.2) is 28.2 Å². The van der Waals surface area contributed by atoms with Gasteiger partial charge < -0.3 is 4.90 Å². The van der Waals surface area contributed by atoms with Crippen molar-refractivity contribution in [3.05, 3.63) is 27.0 Å². The summed E-state index contributed by atoms with van der Waals surface area (Å²) >= 11 is 8.93. The average Bonchev–Trinajstić information content (AvgIpc) is 2.70. The van der Waals surface area contributed by atoms with E-state index in [4.69, 9.17) is 11.6 Å². The molecule has 0 spiro atoms. The number of alkyl halides is 1. The number of halogens is 2. The van der Waals surface area contributed by atoms with E-state index in [1.54, 1.807) is 0 Å². The molecule has 1 unspecified atom stereocenters. The second kappa shape index (κ2) is 5.19. The molecular weight excluding hydrogens is 325 g/mol. The van der Waals surface area contributed by atoms with Crippen molar-refractivity contribution in [2.45, 2.75) is 6.42 Å². The Bertz CT molecular complexity index is 511. The maximum atomic E-state index is 11.9. The second-order valence-electron chi connectivity index (χ2n) is 3.97. The number of rotatable bonds is 3. The Morgan fingerprint density at radius 3 is 2.89 bits per heavy atom. The van der Waals surface area contributed by atoms with E-state index in [1.807, 2.05) is 0 Å². The van der Waals surface area contributed by atoms with Crippen LogP contribution in [-0.2, 0) is 4.79 Å². The number of carbonyl (C=O) groups excluding carboxylic acids is 1. The molecule has 1 saturated heterocycles. The lowest BCUT2D eigenvalue weighted by Gasteiger charge is -2.17. The van der Waals surface area contributed by atoms with Crippen molar-refractivity contribution >= 4 is 44.8 Å². The molecule has 2 heterocycles. The molecule has 0 aromatic carbocycles. The van der Waals surface area contributed by atoms with Gasteiger partial charge in [-0.2, -0.15) is 0 Å². The largest absolute Gasteiger partial charge is 0.312 e. The highest BCUT2D eigenvalue weighted by atomic mass is 79.9. The summed E-state index contributed by atoms with van der Waals surface area (Å²) in [7, 11) is 0. The summed E-state index contributed by atoms with van der Waals surface area (Å²) in [4.78, 5) is 27.4. The van der Waals surface area contributed by atoms with Gasteiger partial charge in [-0.15, -0.1) is 11.6 Å². The van der Waals surface area contributed by atoms with Gasteiger partial charge in [0.2, 0.25) is 5.91 Å². The number of carbonyl (C=O) groups is 1. The third-order valence-electron chi connectivity index (χ3n) is 2.74. The van der Waals surface area contributed by atoms with Crippen molar-refractivity contribution < 1.29 is 9.72 Å². The fourth-order valence-electron chi connectivity index (χ4n) is 1.92. The van der Waals surface area contributed by atoms with E-state index in [9.17, 15) is 14.9 Å². The smallest absolute Gasteiger partial charge is 0.305 e. The molecule has 96 valence electrons. The Balaban J connectivity index is 2.45. The maximum absolute atomic E-state index is 11.9. The summed E-state index contributed by atoms with van der Waals surface area (Å²) < 4.78 is 0.431. The first-order chi connectivity index (χ1) is 8.54. The standard InChI is InChI=1S/C10H9BrClN3O3/c11-7-3-13-4-8(15(17)18)10(7)14-5-6(2-12)1-9(14)16/h3-4,6H,1-2,5H2. The number of hydrogen-bond donors (Lipinski definition) is 0. The van der Waals surface area contributed by atoms with E-state index in [1.165, 1.54) is 11.1 Å². The Kier molecular flexibility index (Phi) is 3.82. The lowest BCUT2D eigenvalue weighted by atomic mass is 10.1. The van der Waals surface area contributed by atoms with Gasteiger partial charge in [0.05, 0.1) is 9.40 Å². The molecule has 0 radical (unpaired) electrons. The summed E-state index contributed by atoms with van der Waals surface area (Å²) in [6, 6.07) is 0. The van der Waals surface area contributed by atoms with Gasteiger partial charge in [-0.05, 0) is 21.8 Å². The second-order valence-corrected chi connectivity index (χ2v) is 5.14. The van der Waals surface area contributed by atoms with E-state index >= 15 is 0 Å². The van der Waals surface area contributed by atoms with Crippen LogP contribution in [0.2, 0.25) is 0 Å². The van der Waals surface area contributed by atoms with Gasteiger partial charge in [-0.25, -0.2) is 0 Å². The van der Waals surface area contributed by atoms with Crippen LogP contribution in [0, 0.1) is 16.0 Å². The summed E-state index contributed by atoms with van der Waals surface area (Å²) in [6.07, 6.45) is 2.89. The highest BCUT2D eigenvalue weighted by Crippen LogP contribution is 2.38. The van der Waals surface area contributed by atoms with Crippen LogP contribution in [0.3, 0.4) is 0 Å².